The van der Waals surface area contributed by atoms with Gasteiger partial charge in [-0.1, -0.05) is 46.2 Å². The van der Waals surface area contributed by atoms with Gasteiger partial charge in [0.2, 0.25) is 0 Å². The number of hydrogen-bond donors (Lipinski definition) is 0. The van der Waals surface area contributed by atoms with Crippen LogP contribution in [-0.2, 0) is 6.42 Å². The van der Waals surface area contributed by atoms with E-state index >= 15 is 0 Å². The Hall–Kier alpha value is -1.02. The lowest BCUT2D eigenvalue weighted by atomic mass is 10.0. The first-order valence-electron chi connectivity index (χ1n) is 9.51. The highest BCUT2D eigenvalue weighted by molar-refractivity contribution is 5.37. The fourth-order valence-corrected chi connectivity index (χ4v) is 3.14. The molecule has 0 aliphatic heterocycles. The molecule has 0 radical (unpaired) electrons. The van der Waals surface area contributed by atoms with Crippen molar-refractivity contribution in [1.29, 1.82) is 0 Å². The summed E-state index contributed by atoms with van der Waals surface area (Å²) in [6.07, 6.45) is 4.70. The van der Waals surface area contributed by atoms with Crippen LogP contribution >= 0.6 is 0 Å². The topological polar surface area (TPSA) is 12.5 Å². The third kappa shape index (κ3) is 6.55. The molecule has 2 heteroatoms. The Morgan fingerprint density at radius 3 is 2.43 bits per heavy atom. The van der Waals surface area contributed by atoms with Crippen LogP contribution in [0.2, 0.25) is 0 Å². The molecule has 23 heavy (non-hydrogen) atoms. The van der Waals surface area contributed by atoms with E-state index in [1.165, 1.54) is 30.4 Å². The molecular formula is C21H37NO. The van der Waals surface area contributed by atoms with E-state index in [0.29, 0.717) is 12.0 Å². The van der Waals surface area contributed by atoms with E-state index in [1.807, 2.05) is 0 Å². The van der Waals surface area contributed by atoms with Gasteiger partial charge in [0, 0.05) is 18.5 Å². The van der Waals surface area contributed by atoms with Crippen LogP contribution in [0, 0.1) is 12.8 Å². The Labute approximate surface area is 144 Å². The van der Waals surface area contributed by atoms with Gasteiger partial charge in [-0.3, -0.25) is 0 Å². The number of ether oxygens (including phenoxy) is 1. The Kier molecular flexibility index (Phi) is 9.31. The van der Waals surface area contributed by atoms with E-state index in [4.69, 9.17) is 4.74 Å². The minimum Gasteiger partial charge on any atom is -0.493 e. The molecule has 0 N–H and O–H groups in total. The van der Waals surface area contributed by atoms with Crippen molar-refractivity contribution in [2.45, 2.75) is 73.3 Å². The Morgan fingerprint density at radius 1 is 1.13 bits per heavy atom. The van der Waals surface area contributed by atoms with Gasteiger partial charge in [-0.05, 0) is 56.8 Å². The van der Waals surface area contributed by atoms with Gasteiger partial charge in [-0.15, -0.1) is 0 Å². The second-order valence-electron chi connectivity index (χ2n) is 6.78. The molecular weight excluding hydrogens is 282 g/mol. The average Bonchev–Trinajstić information content (AvgIpc) is 2.56. The van der Waals surface area contributed by atoms with Crippen molar-refractivity contribution in [3.8, 4) is 5.75 Å². The molecule has 0 aromatic heterocycles. The summed E-state index contributed by atoms with van der Waals surface area (Å²) in [6, 6.07) is 7.23. The van der Waals surface area contributed by atoms with Crippen LogP contribution < -0.4 is 4.74 Å². The summed E-state index contributed by atoms with van der Waals surface area (Å²) in [5.74, 6) is 1.69. The zero-order chi connectivity index (χ0) is 17.2. The van der Waals surface area contributed by atoms with Gasteiger partial charge in [-0.2, -0.15) is 0 Å². The van der Waals surface area contributed by atoms with Crippen molar-refractivity contribution in [2.75, 3.05) is 19.7 Å². The van der Waals surface area contributed by atoms with Crippen LogP contribution in [0.15, 0.2) is 18.2 Å². The van der Waals surface area contributed by atoms with Crippen LogP contribution in [0.3, 0.4) is 0 Å². The van der Waals surface area contributed by atoms with Crippen molar-refractivity contribution >= 4 is 0 Å². The Balaban J connectivity index is 2.71. The zero-order valence-corrected chi connectivity index (χ0v) is 16.2. The number of rotatable bonds is 11. The van der Waals surface area contributed by atoms with Crippen LogP contribution in [0.25, 0.3) is 0 Å². The molecule has 1 rings (SSSR count). The first kappa shape index (κ1) is 20.0. The first-order valence-corrected chi connectivity index (χ1v) is 9.51. The molecule has 2 atom stereocenters. The second kappa shape index (κ2) is 10.7. The summed E-state index contributed by atoms with van der Waals surface area (Å²) >= 11 is 0. The fraction of sp³-hybridized carbons (Fsp3) is 0.714. The first-order chi connectivity index (χ1) is 11.0. The van der Waals surface area contributed by atoms with E-state index in [-0.39, 0.29) is 0 Å². The summed E-state index contributed by atoms with van der Waals surface area (Å²) in [5.41, 5.74) is 2.60. The van der Waals surface area contributed by atoms with Gasteiger partial charge in [0.25, 0.3) is 0 Å². The summed E-state index contributed by atoms with van der Waals surface area (Å²) in [6.45, 7) is 16.6. The van der Waals surface area contributed by atoms with Crippen LogP contribution in [0.4, 0.5) is 0 Å². The normalized spacial score (nSPS) is 14.0. The maximum absolute atomic E-state index is 6.26. The third-order valence-corrected chi connectivity index (χ3v) is 4.89. The van der Waals surface area contributed by atoms with Crippen LogP contribution in [-0.4, -0.2) is 30.6 Å². The van der Waals surface area contributed by atoms with Gasteiger partial charge in [0.05, 0.1) is 6.61 Å². The molecule has 0 amide bonds. The van der Waals surface area contributed by atoms with Crippen LogP contribution in [0.5, 0.6) is 5.75 Å². The van der Waals surface area contributed by atoms with E-state index in [9.17, 15) is 0 Å². The molecule has 132 valence electrons. The number of aryl methyl sites for hydroxylation is 2. The molecule has 0 bridgehead atoms. The SMILES string of the molecule is CCC[C@H](COc1cc(C)ccc1CC)CN(CC)C(C)CC. The van der Waals surface area contributed by atoms with Crippen LogP contribution in [0.1, 0.15) is 65.0 Å². The van der Waals surface area contributed by atoms with Gasteiger partial charge < -0.3 is 9.64 Å². The summed E-state index contributed by atoms with van der Waals surface area (Å²) in [5, 5.41) is 0. The van der Waals surface area contributed by atoms with Crippen molar-refractivity contribution in [1.82, 2.24) is 4.90 Å². The van der Waals surface area contributed by atoms with Crippen molar-refractivity contribution in [2.24, 2.45) is 5.92 Å². The maximum atomic E-state index is 6.26. The number of nitrogens with zero attached hydrogens (tertiary/aromatic N) is 1. The molecule has 0 spiro atoms. The monoisotopic (exact) mass is 319 g/mol. The lowest BCUT2D eigenvalue weighted by Gasteiger charge is -2.31. The smallest absolute Gasteiger partial charge is 0.122 e. The molecule has 1 aromatic rings. The molecule has 0 aliphatic carbocycles. The zero-order valence-electron chi connectivity index (χ0n) is 16.2. The molecule has 0 saturated heterocycles. The quantitative estimate of drug-likeness (QED) is 0.536. The lowest BCUT2D eigenvalue weighted by Crippen LogP contribution is -2.38. The summed E-state index contributed by atoms with van der Waals surface area (Å²) in [4.78, 5) is 2.60. The molecule has 1 unspecified atom stereocenters. The van der Waals surface area contributed by atoms with Gasteiger partial charge in [0.15, 0.2) is 0 Å². The molecule has 0 aliphatic rings. The maximum Gasteiger partial charge on any atom is 0.122 e. The number of benzene rings is 1. The molecule has 0 fully saturated rings. The summed E-state index contributed by atoms with van der Waals surface area (Å²) in [7, 11) is 0. The minimum absolute atomic E-state index is 0.610. The van der Waals surface area contributed by atoms with Gasteiger partial charge in [0.1, 0.15) is 5.75 Å². The molecule has 0 heterocycles. The largest absolute Gasteiger partial charge is 0.493 e. The molecule has 2 nitrogen and oxygen atoms in total. The minimum atomic E-state index is 0.610. The highest BCUT2D eigenvalue weighted by Gasteiger charge is 2.17. The molecule has 1 aromatic carbocycles. The van der Waals surface area contributed by atoms with E-state index in [2.05, 4.69) is 64.6 Å². The summed E-state index contributed by atoms with van der Waals surface area (Å²) < 4.78 is 6.26. The van der Waals surface area contributed by atoms with E-state index < -0.39 is 0 Å². The van der Waals surface area contributed by atoms with Crippen molar-refractivity contribution in [3.05, 3.63) is 29.3 Å². The second-order valence-corrected chi connectivity index (χ2v) is 6.78. The fourth-order valence-electron chi connectivity index (χ4n) is 3.14. The molecule has 0 saturated carbocycles. The highest BCUT2D eigenvalue weighted by atomic mass is 16.5. The third-order valence-electron chi connectivity index (χ3n) is 4.89. The lowest BCUT2D eigenvalue weighted by molar-refractivity contribution is 0.140. The average molecular weight is 320 g/mol. The Bertz CT molecular complexity index is 443. The predicted octanol–water partition coefficient (Wildman–Crippen LogP) is 5.47. The number of hydrogen-bond acceptors (Lipinski definition) is 2. The highest BCUT2D eigenvalue weighted by Crippen LogP contribution is 2.22. The van der Waals surface area contributed by atoms with Crippen molar-refractivity contribution in [3.63, 3.8) is 0 Å². The predicted molar refractivity (Wildman–Crippen MR) is 101 cm³/mol. The Morgan fingerprint density at radius 2 is 1.87 bits per heavy atom. The van der Waals surface area contributed by atoms with E-state index in [1.54, 1.807) is 0 Å². The van der Waals surface area contributed by atoms with Gasteiger partial charge >= 0.3 is 0 Å². The van der Waals surface area contributed by atoms with Gasteiger partial charge in [-0.25, -0.2) is 0 Å². The van der Waals surface area contributed by atoms with Crippen molar-refractivity contribution < 1.29 is 4.74 Å². The standard InChI is InChI=1S/C21H37NO/c1-7-11-19(15-22(10-4)18(6)8-2)16-23-21-14-17(5)12-13-20(21)9-3/h12-14,18-19H,7-11,15-16H2,1-6H3/t18?,19-/m0/s1. The van der Waals surface area contributed by atoms with E-state index in [0.717, 1.165) is 31.9 Å².